The molecular formula is C36H46N4O3. The maximum atomic E-state index is 6.00. The van der Waals surface area contributed by atoms with Crippen molar-refractivity contribution in [2.75, 3.05) is 40.6 Å². The van der Waals surface area contributed by atoms with Gasteiger partial charge in [0.05, 0.1) is 11.4 Å². The third-order valence-corrected chi connectivity index (χ3v) is 7.82. The molecule has 4 aromatic rings. The first kappa shape index (κ1) is 30.6. The highest BCUT2D eigenvalue weighted by Gasteiger charge is 2.23. The molecule has 5 rings (SSSR count). The van der Waals surface area contributed by atoms with Crippen LogP contribution in [0.5, 0.6) is 17.2 Å². The zero-order valence-electron chi connectivity index (χ0n) is 26.2. The van der Waals surface area contributed by atoms with Crippen molar-refractivity contribution in [2.45, 2.75) is 59.2 Å². The average Bonchev–Trinajstić information content (AvgIpc) is 3.64. The van der Waals surface area contributed by atoms with Crippen LogP contribution in [0.25, 0.3) is 22.6 Å². The molecule has 7 nitrogen and oxygen atoms in total. The third kappa shape index (κ3) is 7.98. The molecule has 0 saturated heterocycles. The van der Waals surface area contributed by atoms with Gasteiger partial charge in [-0.25, -0.2) is 4.98 Å². The highest BCUT2D eigenvalue weighted by atomic mass is 16.7. The summed E-state index contributed by atoms with van der Waals surface area (Å²) in [4.78, 5) is 10.0. The quantitative estimate of drug-likeness (QED) is 0.136. The number of ether oxygens (including phenoxy) is 3. The highest BCUT2D eigenvalue weighted by Crippen LogP contribution is 2.35. The Labute approximate surface area is 257 Å². The van der Waals surface area contributed by atoms with Crippen LogP contribution >= 0.6 is 0 Å². The van der Waals surface area contributed by atoms with Gasteiger partial charge in [0.15, 0.2) is 11.5 Å². The van der Waals surface area contributed by atoms with Crippen molar-refractivity contribution in [3.63, 3.8) is 0 Å². The lowest BCUT2D eigenvalue weighted by Gasteiger charge is -2.24. The van der Waals surface area contributed by atoms with Crippen LogP contribution < -0.4 is 14.2 Å². The van der Waals surface area contributed by atoms with Gasteiger partial charge in [-0.2, -0.15) is 0 Å². The summed E-state index contributed by atoms with van der Waals surface area (Å²) < 4.78 is 19.7. The van der Waals surface area contributed by atoms with E-state index in [1.807, 2.05) is 6.07 Å². The summed E-state index contributed by atoms with van der Waals surface area (Å²) >= 11 is 0. The zero-order chi connectivity index (χ0) is 30.0. The summed E-state index contributed by atoms with van der Waals surface area (Å²) in [5.74, 6) is 3.57. The molecule has 3 aromatic carbocycles. The number of nitrogens with zero attached hydrogens (tertiary/aromatic N) is 4. The third-order valence-electron chi connectivity index (χ3n) is 7.82. The molecular weight excluding hydrogens is 536 g/mol. The fraction of sp³-hybridized carbons (Fsp3) is 0.417. The highest BCUT2D eigenvalue weighted by molar-refractivity contribution is 5.69. The number of imidazole rings is 1. The summed E-state index contributed by atoms with van der Waals surface area (Å²) in [5, 5.41) is 0. The lowest BCUT2D eigenvalue weighted by molar-refractivity contribution is 0.174. The van der Waals surface area contributed by atoms with Crippen LogP contribution in [0.15, 0.2) is 72.8 Å². The van der Waals surface area contributed by atoms with Gasteiger partial charge in [-0.15, -0.1) is 0 Å². The first-order valence-electron chi connectivity index (χ1n) is 15.7. The Morgan fingerprint density at radius 2 is 1.58 bits per heavy atom. The standard InChI is InChI=1S/C36H46N4O3/c1-5-7-20-39(25-28-14-19-33-34(24-28)43-27-42-33)26-32-35(29-15-17-31(18-16-29)41-23-22-38(3)4)37-36(40(32)21-8-6-2)30-12-10-9-11-13-30/h9-19,24H,5-8,20-23,25-27H2,1-4H3. The van der Waals surface area contributed by atoms with Gasteiger partial charge in [0.2, 0.25) is 6.79 Å². The van der Waals surface area contributed by atoms with Crippen LogP contribution in [0, 0.1) is 0 Å². The second-order valence-corrected chi connectivity index (χ2v) is 11.5. The summed E-state index contributed by atoms with van der Waals surface area (Å²) in [7, 11) is 4.12. The van der Waals surface area contributed by atoms with Gasteiger partial charge in [0.25, 0.3) is 0 Å². The van der Waals surface area contributed by atoms with E-state index in [0.29, 0.717) is 13.4 Å². The Balaban J connectivity index is 1.51. The Bertz CT molecular complexity index is 1430. The summed E-state index contributed by atoms with van der Waals surface area (Å²) in [6.45, 7) is 9.90. The molecule has 0 aliphatic carbocycles. The number of rotatable bonds is 16. The summed E-state index contributed by atoms with van der Waals surface area (Å²) in [6, 6.07) is 25.4. The number of fused-ring (bicyclic) bond motifs is 1. The lowest BCUT2D eigenvalue weighted by atomic mass is 10.1. The van der Waals surface area contributed by atoms with Crippen LogP contribution in [-0.4, -0.2) is 59.9 Å². The molecule has 0 unspecified atom stereocenters. The van der Waals surface area contributed by atoms with E-state index in [2.05, 4.69) is 109 Å². The molecule has 0 radical (unpaired) electrons. The smallest absolute Gasteiger partial charge is 0.231 e. The molecule has 1 aromatic heterocycles. The molecule has 228 valence electrons. The maximum absolute atomic E-state index is 6.00. The molecule has 0 N–H and O–H groups in total. The van der Waals surface area contributed by atoms with Crippen molar-refractivity contribution < 1.29 is 14.2 Å². The van der Waals surface area contributed by atoms with Crippen LogP contribution in [0.1, 0.15) is 50.8 Å². The molecule has 0 spiro atoms. The maximum Gasteiger partial charge on any atom is 0.231 e. The van der Waals surface area contributed by atoms with Gasteiger partial charge in [-0.05, 0) is 75.4 Å². The van der Waals surface area contributed by atoms with E-state index in [9.17, 15) is 0 Å². The topological polar surface area (TPSA) is 52.0 Å². The Kier molecular flexibility index (Phi) is 10.7. The number of unbranched alkanes of at least 4 members (excludes halogenated alkanes) is 2. The number of aromatic nitrogens is 2. The lowest BCUT2D eigenvalue weighted by Crippen LogP contribution is -2.26. The van der Waals surface area contributed by atoms with Gasteiger partial charge in [0.1, 0.15) is 18.2 Å². The van der Waals surface area contributed by atoms with E-state index in [1.54, 1.807) is 0 Å². The Hall–Kier alpha value is -3.81. The van der Waals surface area contributed by atoms with E-state index in [-0.39, 0.29) is 0 Å². The van der Waals surface area contributed by atoms with E-state index >= 15 is 0 Å². The normalized spacial score (nSPS) is 12.4. The number of hydrogen-bond donors (Lipinski definition) is 0. The average molecular weight is 583 g/mol. The van der Waals surface area contributed by atoms with Gasteiger partial charge < -0.3 is 23.7 Å². The van der Waals surface area contributed by atoms with Crippen molar-refractivity contribution in [2.24, 2.45) is 0 Å². The molecule has 1 aliphatic heterocycles. The zero-order valence-corrected chi connectivity index (χ0v) is 26.2. The molecule has 43 heavy (non-hydrogen) atoms. The van der Waals surface area contributed by atoms with E-state index in [1.165, 1.54) is 11.3 Å². The van der Waals surface area contributed by atoms with E-state index in [4.69, 9.17) is 19.2 Å². The van der Waals surface area contributed by atoms with Gasteiger partial charge in [0, 0.05) is 37.3 Å². The van der Waals surface area contributed by atoms with Crippen LogP contribution in [-0.2, 0) is 19.6 Å². The summed E-state index contributed by atoms with van der Waals surface area (Å²) in [6.07, 6.45) is 4.49. The molecule has 1 aliphatic rings. The first-order chi connectivity index (χ1) is 21.1. The minimum Gasteiger partial charge on any atom is -0.492 e. The minimum absolute atomic E-state index is 0.292. The van der Waals surface area contributed by atoms with Crippen molar-refractivity contribution in [1.82, 2.24) is 19.4 Å². The van der Waals surface area contributed by atoms with Crippen LogP contribution in [0.4, 0.5) is 0 Å². The Morgan fingerprint density at radius 3 is 2.33 bits per heavy atom. The summed E-state index contributed by atoms with van der Waals surface area (Å²) in [5.41, 5.74) is 5.78. The molecule has 0 atom stereocenters. The SMILES string of the molecule is CCCCN(Cc1ccc2c(c1)OCO2)Cc1c(-c2ccc(OCCN(C)C)cc2)nc(-c2ccccc2)n1CCCC. The van der Waals surface area contributed by atoms with Crippen molar-refractivity contribution in [3.8, 4) is 39.9 Å². The monoisotopic (exact) mass is 582 g/mol. The van der Waals surface area contributed by atoms with Gasteiger partial charge in [-0.1, -0.05) is 63.1 Å². The molecule has 2 heterocycles. The molecule has 0 fully saturated rings. The van der Waals surface area contributed by atoms with Crippen LogP contribution in [0.3, 0.4) is 0 Å². The predicted molar refractivity (Wildman–Crippen MR) is 174 cm³/mol. The van der Waals surface area contributed by atoms with Gasteiger partial charge in [-0.3, -0.25) is 4.90 Å². The van der Waals surface area contributed by atoms with Gasteiger partial charge >= 0.3 is 0 Å². The Morgan fingerprint density at radius 1 is 0.814 bits per heavy atom. The fourth-order valence-electron chi connectivity index (χ4n) is 5.40. The number of likely N-dealkylation sites (N-methyl/N-ethyl adjacent to an activating group) is 1. The largest absolute Gasteiger partial charge is 0.492 e. The minimum atomic E-state index is 0.292. The van der Waals surface area contributed by atoms with Crippen molar-refractivity contribution in [1.29, 1.82) is 0 Å². The number of benzene rings is 3. The number of hydrogen-bond acceptors (Lipinski definition) is 6. The second-order valence-electron chi connectivity index (χ2n) is 11.5. The molecule has 7 heteroatoms. The predicted octanol–water partition coefficient (Wildman–Crippen LogP) is 7.49. The van der Waals surface area contributed by atoms with Crippen molar-refractivity contribution >= 4 is 0 Å². The molecule has 0 bridgehead atoms. The fourth-order valence-corrected chi connectivity index (χ4v) is 5.40. The van der Waals surface area contributed by atoms with E-state index < -0.39 is 0 Å². The van der Waals surface area contributed by atoms with Crippen LogP contribution in [0.2, 0.25) is 0 Å². The first-order valence-corrected chi connectivity index (χ1v) is 15.7. The van der Waals surface area contributed by atoms with E-state index in [0.717, 1.165) is 98.3 Å². The van der Waals surface area contributed by atoms with Crippen molar-refractivity contribution in [3.05, 3.63) is 84.1 Å². The molecule has 0 saturated carbocycles. The second kappa shape index (κ2) is 15.1. The molecule has 0 amide bonds.